The van der Waals surface area contributed by atoms with Crippen LogP contribution in [0.25, 0.3) is 22.0 Å². The van der Waals surface area contributed by atoms with Crippen molar-refractivity contribution in [2.75, 3.05) is 0 Å². The predicted octanol–water partition coefficient (Wildman–Crippen LogP) is 4.33. The van der Waals surface area contributed by atoms with Crippen LogP contribution in [0.15, 0.2) is 55.0 Å². The van der Waals surface area contributed by atoms with Gasteiger partial charge in [-0.1, -0.05) is 31.0 Å². The molecule has 1 amide bonds. The van der Waals surface area contributed by atoms with Crippen molar-refractivity contribution in [3.05, 3.63) is 77.8 Å². The van der Waals surface area contributed by atoms with Crippen molar-refractivity contribution in [2.45, 2.75) is 50.8 Å². The number of rotatable bonds is 6. The van der Waals surface area contributed by atoms with Gasteiger partial charge >= 0.3 is 0 Å². The molecule has 2 atom stereocenters. The topological polar surface area (TPSA) is 72.1 Å². The average Bonchev–Trinajstić information content (AvgIpc) is 3.41. The normalized spacial score (nSPS) is 18.2. The molecule has 6 nitrogen and oxygen atoms in total. The summed E-state index contributed by atoms with van der Waals surface area (Å²) in [7, 11) is 1.81. The van der Waals surface area contributed by atoms with Crippen LogP contribution in [0.5, 0.6) is 0 Å². The number of hydrogen-bond acceptors (Lipinski definition) is 3. The lowest BCUT2D eigenvalue weighted by atomic mass is 9.92. The number of carbonyl (C=O) groups is 1. The van der Waals surface area contributed by atoms with E-state index in [2.05, 4.69) is 10.4 Å². The summed E-state index contributed by atoms with van der Waals surface area (Å²) >= 11 is 0. The molecule has 35 heavy (non-hydrogen) atoms. The standard InChI is InChI=1S/C27H28F2N4O2/c1-32-14-20(13-30-32)17-9-10-18(22(29)11-17)15-33-16-19(27-21(28)5-4-7-24(27)33)12-26(35)31-23-6-2-3-8-25(23)34/h4-5,7,9-11,13-14,16,23,25,34H,2-3,6,8,12,15H2,1H3,(H,31,35)/t23-,25-/m0/s1. The fourth-order valence-electron chi connectivity index (χ4n) is 4.98. The van der Waals surface area contributed by atoms with Crippen molar-refractivity contribution in [1.29, 1.82) is 0 Å². The van der Waals surface area contributed by atoms with E-state index in [1.54, 1.807) is 46.9 Å². The van der Waals surface area contributed by atoms with Crippen molar-refractivity contribution in [1.82, 2.24) is 19.7 Å². The van der Waals surface area contributed by atoms with Gasteiger partial charge in [-0.3, -0.25) is 9.48 Å². The van der Waals surface area contributed by atoms with Crippen molar-refractivity contribution < 1.29 is 18.7 Å². The van der Waals surface area contributed by atoms with Gasteiger partial charge in [-0.25, -0.2) is 8.78 Å². The number of halogens is 2. The van der Waals surface area contributed by atoms with Gasteiger partial charge in [-0.15, -0.1) is 0 Å². The molecule has 0 spiro atoms. The first-order valence-corrected chi connectivity index (χ1v) is 11.9. The lowest BCUT2D eigenvalue weighted by Crippen LogP contribution is -2.45. The number of nitrogens with zero attached hydrogens (tertiary/aromatic N) is 3. The maximum atomic E-state index is 15.0. The highest BCUT2D eigenvalue weighted by Crippen LogP contribution is 2.28. The van der Waals surface area contributed by atoms with Crippen molar-refractivity contribution in [2.24, 2.45) is 7.05 Å². The molecule has 182 valence electrons. The number of nitrogens with one attached hydrogen (secondary N) is 1. The van der Waals surface area contributed by atoms with E-state index in [1.807, 2.05) is 12.3 Å². The zero-order chi connectivity index (χ0) is 24.5. The molecule has 8 heteroatoms. The average molecular weight is 479 g/mol. The van der Waals surface area contributed by atoms with Gasteiger partial charge in [0.15, 0.2) is 0 Å². The Bertz CT molecular complexity index is 1380. The highest BCUT2D eigenvalue weighted by Gasteiger charge is 2.25. The largest absolute Gasteiger partial charge is 0.391 e. The van der Waals surface area contributed by atoms with Crippen LogP contribution in [0.4, 0.5) is 8.78 Å². The van der Waals surface area contributed by atoms with Crippen LogP contribution < -0.4 is 5.32 Å². The van der Waals surface area contributed by atoms with E-state index < -0.39 is 11.9 Å². The van der Waals surface area contributed by atoms with Crippen LogP contribution in [0.1, 0.15) is 36.8 Å². The molecule has 1 aliphatic rings. The predicted molar refractivity (Wildman–Crippen MR) is 130 cm³/mol. The molecule has 2 heterocycles. The van der Waals surface area contributed by atoms with Crippen LogP contribution in [0, 0.1) is 11.6 Å². The van der Waals surface area contributed by atoms with Gasteiger partial charge in [0.2, 0.25) is 5.91 Å². The molecule has 2 N–H and O–H groups in total. The number of aliphatic hydroxyl groups excluding tert-OH is 1. The van der Waals surface area contributed by atoms with Crippen LogP contribution >= 0.6 is 0 Å². The minimum absolute atomic E-state index is 0.0178. The van der Waals surface area contributed by atoms with E-state index in [-0.39, 0.29) is 30.7 Å². The molecule has 1 saturated carbocycles. The molecule has 0 bridgehead atoms. The number of aromatic nitrogens is 3. The Morgan fingerprint density at radius 3 is 2.66 bits per heavy atom. The molecule has 5 rings (SSSR count). The summed E-state index contributed by atoms with van der Waals surface area (Å²) in [6, 6.07) is 9.50. The lowest BCUT2D eigenvalue weighted by Gasteiger charge is -2.28. The van der Waals surface area contributed by atoms with Crippen LogP contribution in [-0.4, -0.2) is 37.5 Å². The quantitative estimate of drug-likeness (QED) is 0.433. The lowest BCUT2D eigenvalue weighted by molar-refractivity contribution is -0.122. The summed E-state index contributed by atoms with van der Waals surface area (Å²) in [6.07, 6.45) is 7.97. The summed E-state index contributed by atoms with van der Waals surface area (Å²) in [5, 5.41) is 17.6. The highest BCUT2D eigenvalue weighted by atomic mass is 19.1. The number of carbonyl (C=O) groups excluding carboxylic acids is 1. The molecule has 1 aliphatic carbocycles. The number of fused-ring (bicyclic) bond motifs is 1. The molecule has 4 aromatic rings. The van der Waals surface area contributed by atoms with Gasteiger partial charge in [0.1, 0.15) is 11.6 Å². The van der Waals surface area contributed by atoms with Crippen LogP contribution in [0.3, 0.4) is 0 Å². The Kier molecular flexibility index (Phi) is 6.38. The van der Waals surface area contributed by atoms with Crippen molar-refractivity contribution >= 4 is 16.8 Å². The minimum atomic E-state index is -0.552. The van der Waals surface area contributed by atoms with E-state index in [0.29, 0.717) is 28.5 Å². The van der Waals surface area contributed by atoms with Gasteiger partial charge in [-0.2, -0.15) is 5.10 Å². The molecule has 2 aromatic carbocycles. The summed E-state index contributed by atoms with van der Waals surface area (Å²) in [4.78, 5) is 12.8. The Morgan fingerprint density at radius 1 is 1.09 bits per heavy atom. The van der Waals surface area contributed by atoms with E-state index in [4.69, 9.17) is 0 Å². The molecule has 0 aliphatic heterocycles. The SMILES string of the molecule is Cn1cc(-c2ccc(Cn3cc(CC(=O)N[C@H]4CCCC[C@@H]4O)c4c(F)cccc43)c(F)c2)cn1. The third-order valence-corrected chi connectivity index (χ3v) is 6.79. The maximum Gasteiger partial charge on any atom is 0.224 e. The monoisotopic (exact) mass is 478 g/mol. The zero-order valence-electron chi connectivity index (χ0n) is 19.5. The Balaban J connectivity index is 1.40. The smallest absolute Gasteiger partial charge is 0.224 e. The molecule has 0 unspecified atom stereocenters. The van der Waals surface area contributed by atoms with Gasteiger partial charge in [0.25, 0.3) is 0 Å². The second-order valence-electron chi connectivity index (χ2n) is 9.33. The van der Waals surface area contributed by atoms with E-state index in [9.17, 15) is 14.3 Å². The van der Waals surface area contributed by atoms with Crippen molar-refractivity contribution in [3.8, 4) is 11.1 Å². The maximum absolute atomic E-state index is 15.0. The Labute approximate surface area is 202 Å². The zero-order valence-corrected chi connectivity index (χ0v) is 19.5. The summed E-state index contributed by atoms with van der Waals surface area (Å²) in [5.41, 5.74) is 3.14. The van der Waals surface area contributed by atoms with Gasteiger partial charge in [0, 0.05) is 36.0 Å². The Morgan fingerprint density at radius 2 is 1.91 bits per heavy atom. The molecule has 1 fully saturated rings. The summed E-state index contributed by atoms with van der Waals surface area (Å²) in [5.74, 6) is -1.05. The van der Waals surface area contributed by atoms with Crippen LogP contribution in [0.2, 0.25) is 0 Å². The number of aliphatic hydroxyl groups is 1. The van der Waals surface area contributed by atoms with E-state index in [1.165, 1.54) is 12.1 Å². The second-order valence-corrected chi connectivity index (χ2v) is 9.33. The minimum Gasteiger partial charge on any atom is -0.391 e. The fourth-order valence-corrected chi connectivity index (χ4v) is 4.98. The fraction of sp³-hybridized carbons (Fsp3) is 0.333. The van der Waals surface area contributed by atoms with Gasteiger partial charge in [0.05, 0.1) is 36.8 Å². The summed E-state index contributed by atoms with van der Waals surface area (Å²) < 4.78 is 33.3. The first-order chi connectivity index (χ1) is 16.9. The third kappa shape index (κ3) is 4.84. The van der Waals surface area contributed by atoms with Crippen molar-refractivity contribution in [3.63, 3.8) is 0 Å². The molecular formula is C27H28F2N4O2. The van der Waals surface area contributed by atoms with E-state index in [0.717, 1.165) is 30.4 Å². The van der Waals surface area contributed by atoms with Gasteiger partial charge in [-0.05, 0) is 42.2 Å². The number of amides is 1. The Hall–Kier alpha value is -3.52. The molecule has 2 aromatic heterocycles. The second kappa shape index (κ2) is 9.62. The number of benzene rings is 2. The van der Waals surface area contributed by atoms with Crippen LogP contribution in [-0.2, 0) is 24.8 Å². The number of hydrogen-bond donors (Lipinski definition) is 2. The van der Waals surface area contributed by atoms with E-state index >= 15 is 4.39 Å². The molecule has 0 radical (unpaired) electrons. The summed E-state index contributed by atoms with van der Waals surface area (Å²) in [6.45, 7) is 0.196. The first-order valence-electron chi connectivity index (χ1n) is 11.9. The molecular weight excluding hydrogens is 450 g/mol. The van der Waals surface area contributed by atoms with Gasteiger partial charge < -0.3 is 15.0 Å². The molecule has 0 saturated heterocycles. The number of aryl methyl sites for hydroxylation is 1. The first kappa shape index (κ1) is 23.2. The highest BCUT2D eigenvalue weighted by molar-refractivity contribution is 5.90. The third-order valence-electron chi connectivity index (χ3n) is 6.79.